The van der Waals surface area contributed by atoms with Crippen molar-refractivity contribution in [2.24, 2.45) is 16.1 Å². The molecule has 150 valence electrons. The van der Waals surface area contributed by atoms with Crippen molar-refractivity contribution < 1.29 is 23.8 Å². The average Bonchev–Trinajstić information content (AvgIpc) is 3.01. The van der Waals surface area contributed by atoms with E-state index in [2.05, 4.69) is 34.1 Å². The number of hydrogen-bond donors (Lipinski definition) is 1. The lowest BCUT2D eigenvalue weighted by molar-refractivity contribution is -0.135. The number of nitrogens with zero attached hydrogens (tertiary/aromatic N) is 2. The molecule has 1 N–H and O–H groups in total. The molecule has 1 saturated heterocycles. The second kappa shape index (κ2) is 10.5. The van der Waals surface area contributed by atoms with Gasteiger partial charge in [0.25, 0.3) is 5.91 Å². The van der Waals surface area contributed by atoms with Gasteiger partial charge in [0.1, 0.15) is 0 Å². The maximum absolute atomic E-state index is 11.7. The highest BCUT2D eigenvalue weighted by atomic mass is 32.2. The predicted octanol–water partition coefficient (Wildman–Crippen LogP) is 2.73. The van der Waals surface area contributed by atoms with Crippen LogP contribution in [0.2, 0.25) is 0 Å². The number of ether oxygens (including phenoxy) is 3. The molecule has 28 heavy (non-hydrogen) atoms. The topological polar surface area (TPSA) is 98.6 Å². The smallest absolute Gasteiger partial charge is 0.331 e. The quantitative estimate of drug-likeness (QED) is 0.309. The molecule has 1 aromatic rings. The van der Waals surface area contributed by atoms with E-state index in [1.165, 1.54) is 13.3 Å². The summed E-state index contributed by atoms with van der Waals surface area (Å²) in [6.07, 6.45) is 3.59. The Kier molecular flexibility index (Phi) is 8.06. The second-order valence-corrected chi connectivity index (χ2v) is 7.21. The van der Waals surface area contributed by atoms with Crippen molar-refractivity contribution in [1.82, 2.24) is 5.32 Å². The van der Waals surface area contributed by atoms with Crippen molar-refractivity contribution in [3.8, 4) is 11.5 Å². The van der Waals surface area contributed by atoms with E-state index in [4.69, 9.17) is 9.47 Å². The Morgan fingerprint density at radius 3 is 2.75 bits per heavy atom. The van der Waals surface area contributed by atoms with E-state index in [1.807, 2.05) is 12.1 Å². The first-order chi connectivity index (χ1) is 13.4. The molecule has 0 bridgehead atoms. The average molecular weight is 405 g/mol. The van der Waals surface area contributed by atoms with Crippen LogP contribution in [0.1, 0.15) is 25.8 Å². The van der Waals surface area contributed by atoms with E-state index < -0.39 is 11.9 Å². The normalized spacial score (nSPS) is 16.8. The Labute approximate surface area is 168 Å². The molecule has 1 heterocycles. The Morgan fingerprint density at radius 1 is 1.29 bits per heavy atom. The number of amidine groups is 1. The Morgan fingerprint density at radius 2 is 2.07 bits per heavy atom. The van der Waals surface area contributed by atoms with Crippen LogP contribution in [0, 0.1) is 5.92 Å². The number of nitrogens with one attached hydrogen (secondary N) is 1. The van der Waals surface area contributed by atoms with Gasteiger partial charge in [-0.1, -0.05) is 13.8 Å². The molecule has 1 aliphatic rings. The highest BCUT2D eigenvalue weighted by Crippen LogP contribution is 2.28. The first kappa shape index (κ1) is 21.5. The fourth-order valence-electron chi connectivity index (χ4n) is 2.08. The zero-order valence-corrected chi connectivity index (χ0v) is 17.0. The van der Waals surface area contributed by atoms with Crippen LogP contribution in [-0.4, -0.2) is 44.1 Å². The zero-order valence-electron chi connectivity index (χ0n) is 16.2. The molecule has 0 radical (unpaired) electrons. The Balaban J connectivity index is 2.02. The molecule has 1 amide bonds. The van der Waals surface area contributed by atoms with Gasteiger partial charge in [0, 0.05) is 6.08 Å². The minimum atomic E-state index is -0.606. The molecule has 0 aromatic heterocycles. The molecule has 0 aliphatic carbocycles. The van der Waals surface area contributed by atoms with Crippen LogP contribution in [-0.2, 0) is 14.3 Å². The standard InChI is InChI=1S/C19H23N3O5S/c1-12(2)7-8-27-14-6-5-13(9-15(14)25-3)11-20-22-19-21-18(24)16(28-19)10-17(23)26-4/h5-6,9-12H,7-8H2,1-4H3,(H,21,22,24)/b16-10+,20-11?. The number of thioether (sulfide) groups is 1. The monoisotopic (exact) mass is 405 g/mol. The Bertz CT molecular complexity index is 818. The molecule has 1 aliphatic heterocycles. The van der Waals surface area contributed by atoms with Gasteiger partial charge in [-0.15, -0.1) is 5.10 Å². The van der Waals surface area contributed by atoms with Gasteiger partial charge in [0.05, 0.1) is 31.9 Å². The molecular weight excluding hydrogens is 382 g/mol. The fourth-order valence-corrected chi connectivity index (χ4v) is 2.82. The van der Waals surface area contributed by atoms with E-state index in [0.29, 0.717) is 24.0 Å². The summed E-state index contributed by atoms with van der Waals surface area (Å²) in [6, 6.07) is 5.44. The number of benzene rings is 1. The molecular formula is C19H23N3O5S. The summed E-state index contributed by atoms with van der Waals surface area (Å²) in [6.45, 7) is 4.90. The van der Waals surface area contributed by atoms with Crippen LogP contribution in [0.5, 0.6) is 11.5 Å². The molecule has 1 aromatic carbocycles. The summed E-state index contributed by atoms with van der Waals surface area (Å²) in [7, 11) is 2.82. The Hall–Kier alpha value is -2.81. The zero-order chi connectivity index (χ0) is 20.5. The highest BCUT2D eigenvalue weighted by Gasteiger charge is 2.25. The van der Waals surface area contributed by atoms with Crippen LogP contribution < -0.4 is 14.8 Å². The number of carbonyl (C=O) groups excluding carboxylic acids is 2. The lowest BCUT2D eigenvalue weighted by Gasteiger charge is -2.12. The van der Waals surface area contributed by atoms with Crippen LogP contribution in [0.25, 0.3) is 0 Å². The summed E-state index contributed by atoms with van der Waals surface area (Å²) in [5, 5.41) is 10.7. The molecule has 0 spiro atoms. The number of amides is 1. The predicted molar refractivity (Wildman–Crippen MR) is 109 cm³/mol. The molecule has 0 unspecified atom stereocenters. The van der Waals surface area contributed by atoms with Gasteiger partial charge in [-0.2, -0.15) is 5.10 Å². The molecule has 1 fully saturated rings. The van der Waals surface area contributed by atoms with Gasteiger partial charge in [-0.25, -0.2) is 4.79 Å². The first-order valence-electron chi connectivity index (χ1n) is 8.63. The second-order valence-electron chi connectivity index (χ2n) is 6.18. The van der Waals surface area contributed by atoms with Crippen LogP contribution in [0.3, 0.4) is 0 Å². The molecule has 0 saturated carbocycles. The number of rotatable bonds is 8. The number of methoxy groups -OCH3 is 2. The van der Waals surface area contributed by atoms with E-state index in [9.17, 15) is 9.59 Å². The lowest BCUT2D eigenvalue weighted by Crippen LogP contribution is -2.19. The van der Waals surface area contributed by atoms with E-state index in [-0.39, 0.29) is 10.1 Å². The molecule has 0 atom stereocenters. The van der Waals surface area contributed by atoms with E-state index >= 15 is 0 Å². The van der Waals surface area contributed by atoms with Crippen molar-refractivity contribution in [3.63, 3.8) is 0 Å². The summed E-state index contributed by atoms with van der Waals surface area (Å²) in [5.41, 5.74) is 0.761. The molecule has 8 nitrogen and oxygen atoms in total. The van der Waals surface area contributed by atoms with Crippen LogP contribution in [0.15, 0.2) is 39.4 Å². The third kappa shape index (κ3) is 6.41. The van der Waals surface area contributed by atoms with Gasteiger partial charge in [0.2, 0.25) is 0 Å². The highest BCUT2D eigenvalue weighted by molar-refractivity contribution is 8.18. The lowest BCUT2D eigenvalue weighted by atomic mass is 10.1. The van der Waals surface area contributed by atoms with Crippen LogP contribution >= 0.6 is 11.8 Å². The number of carbonyl (C=O) groups is 2. The van der Waals surface area contributed by atoms with Crippen LogP contribution in [0.4, 0.5) is 0 Å². The third-order valence-corrected chi connectivity index (χ3v) is 4.50. The van der Waals surface area contributed by atoms with E-state index in [0.717, 1.165) is 29.8 Å². The summed E-state index contributed by atoms with van der Waals surface area (Å²) in [4.78, 5) is 23.2. The SMILES string of the molecule is COC(=O)/C=C1/S/C(=N\N=Cc2ccc(OCCC(C)C)c(OC)c2)NC1=O. The van der Waals surface area contributed by atoms with Gasteiger partial charge in [0.15, 0.2) is 16.7 Å². The van der Waals surface area contributed by atoms with Crippen molar-refractivity contribution in [1.29, 1.82) is 0 Å². The fraction of sp³-hybridized carbons (Fsp3) is 0.368. The number of hydrogen-bond acceptors (Lipinski definition) is 8. The summed E-state index contributed by atoms with van der Waals surface area (Å²) < 4.78 is 15.6. The van der Waals surface area contributed by atoms with Crippen molar-refractivity contribution in [2.75, 3.05) is 20.8 Å². The summed E-state index contributed by atoms with van der Waals surface area (Å²) in [5.74, 6) is 0.808. The molecule has 2 rings (SSSR count). The van der Waals surface area contributed by atoms with E-state index in [1.54, 1.807) is 13.2 Å². The maximum Gasteiger partial charge on any atom is 0.331 e. The maximum atomic E-state index is 11.7. The van der Waals surface area contributed by atoms with Gasteiger partial charge in [-0.3, -0.25) is 10.1 Å². The van der Waals surface area contributed by atoms with Gasteiger partial charge < -0.3 is 14.2 Å². The van der Waals surface area contributed by atoms with Gasteiger partial charge in [-0.05, 0) is 47.9 Å². The number of esters is 1. The third-order valence-electron chi connectivity index (χ3n) is 3.60. The van der Waals surface area contributed by atoms with Crippen molar-refractivity contribution >= 4 is 35.0 Å². The first-order valence-corrected chi connectivity index (χ1v) is 9.45. The molecule has 9 heteroatoms. The minimum Gasteiger partial charge on any atom is -0.493 e. The van der Waals surface area contributed by atoms with Gasteiger partial charge >= 0.3 is 5.97 Å². The summed E-state index contributed by atoms with van der Waals surface area (Å²) >= 11 is 1.01. The minimum absolute atomic E-state index is 0.199. The largest absolute Gasteiger partial charge is 0.493 e. The van der Waals surface area contributed by atoms with Crippen molar-refractivity contribution in [2.45, 2.75) is 20.3 Å². The van der Waals surface area contributed by atoms with Crippen molar-refractivity contribution in [3.05, 3.63) is 34.7 Å².